The summed E-state index contributed by atoms with van der Waals surface area (Å²) < 4.78 is 2.60. The largest absolute Gasteiger partial charge is 0.507 e. The summed E-state index contributed by atoms with van der Waals surface area (Å²) in [5.74, 6) is 0.690. The van der Waals surface area contributed by atoms with Crippen molar-refractivity contribution in [2.45, 2.75) is 209 Å². The SMILES string of the molecule is CCCC[N+](CCCC)(CCCC)CCCCc1cc(C)c(O)c(C=N[C@H]2CCCC[C@@H]2N=Cc2cc(CCCC[N+](CCCC)(CCCC)CCCC)cc(C)c2O)c1. The van der Waals surface area contributed by atoms with E-state index in [1.807, 2.05) is 26.3 Å². The lowest BCUT2D eigenvalue weighted by molar-refractivity contribution is -0.929. The van der Waals surface area contributed by atoms with Crippen molar-refractivity contribution in [3.63, 3.8) is 0 Å². The molecule has 3 rings (SSSR count). The molecule has 2 aromatic rings. The second-order valence-electron chi connectivity index (χ2n) is 19.2. The molecule has 0 unspecified atom stereocenters. The lowest BCUT2D eigenvalue weighted by Crippen LogP contribution is -2.50. The predicted molar refractivity (Wildman–Crippen MR) is 262 cm³/mol. The van der Waals surface area contributed by atoms with Gasteiger partial charge in [0.2, 0.25) is 0 Å². The van der Waals surface area contributed by atoms with Crippen LogP contribution in [0.25, 0.3) is 0 Å². The van der Waals surface area contributed by atoms with Gasteiger partial charge in [0.15, 0.2) is 0 Å². The van der Waals surface area contributed by atoms with Gasteiger partial charge in [-0.25, -0.2) is 0 Å². The predicted octanol–water partition coefficient (Wildman–Crippen LogP) is 13.6. The van der Waals surface area contributed by atoms with Gasteiger partial charge < -0.3 is 19.2 Å². The highest BCUT2D eigenvalue weighted by atomic mass is 16.3. The Morgan fingerprint density at radius 3 is 1.07 bits per heavy atom. The van der Waals surface area contributed by atoms with Gasteiger partial charge in [-0.3, -0.25) is 9.98 Å². The molecule has 2 atom stereocenters. The second-order valence-corrected chi connectivity index (χ2v) is 19.2. The van der Waals surface area contributed by atoms with Crippen LogP contribution in [0, 0.1) is 13.8 Å². The van der Waals surface area contributed by atoms with Crippen LogP contribution in [0.2, 0.25) is 0 Å². The molecule has 2 aromatic carbocycles. The normalized spacial score (nSPS) is 16.5. The fraction of sp³-hybridized carbons (Fsp3) is 0.741. The van der Waals surface area contributed by atoms with Crippen molar-refractivity contribution in [3.05, 3.63) is 57.6 Å². The Bertz CT molecular complexity index is 1370. The molecular weight excluding hydrogens is 737 g/mol. The minimum atomic E-state index is 0.0663. The summed E-state index contributed by atoms with van der Waals surface area (Å²) in [6.45, 7) is 28.6. The van der Waals surface area contributed by atoms with E-state index < -0.39 is 0 Å². The van der Waals surface area contributed by atoms with Crippen molar-refractivity contribution in [2.24, 2.45) is 9.98 Å². The van der Waals surface area contributed by atoms with E-state index in [0.29, 0.717) is 11.5 Å². The molecule has 2 N–H and O–H groups in total. The van der Waals surface area contributed by atoms with Crippen LogP contribution in [-0.4, -0.2) is 96.1 Å². The average molecular weight is 831 g/mol. The number of rotatable bonds is 32. The Balaban J connectivity index is 1.68. The first-order chi connectivity index (χ1) is 29.1. The first-order valence-corrected chi connectivity index (χ1v) is 25.5. The van der Waals surface area contributed by atoms with E-state index in [0.717, 1.165) is 60.8 Å². The minimum absolute atomic E-state index is 0.0663. The summed E-state index contributed by atoms with van der Waals surface area (Å²) in [5, 5.41) is 22.3. The van der Waals surface area contributed by atoms with Gasteiger partial charge >= 0.3 is 0 Å². The summed E-state index contributed by atoms with van der Waals surface area (Å²) in [6.07, 6.45) is 30.7. The van der Waals surface area contributed by atoms with Gasteiger partial charge in [0.1, 0.15) is 11.5 Å². The zero-order valence-electron chi connectivity index (χ0n) is 40.5. The van der Waals surface area contributed by atoms with Crippen LogP contribution in [0.5, 0.6) is 11.5 Å². The van der Waals surface area contributed by atoms with E-state index in [2.05, 4.69) is 65.8 Å². The molecule has 6 nitrogen and oxygen atoms in total. The first kappa shape index (κ1) is 51.6. The van der Waals surface area contributed by atoms with Crippen LogP contribution in [-0.2, 0) is 12.8 Å². The van der Waals surface area contributed by atoms with Crippen molar-refractivity contribution < 1.29 is 19.2 Å². The third kappa shape index (κ3) is 17.6. The quantitative estimate of drug-likeness (QED) is 0.0438. The van der Waals surface area contributed by atoms with Crippen LogP contribution >= 0.6 is 0 Å². The van der Waals surface area contributed by atoms with Gasteiger partial charge in [-0.1, -0.05) is 105 Å². The highest BCUT2D eigenvalue weighted by molar-refractivity contribution is 5.85. The Morgan fingerprint density at radius 2 is 0.767 bits per heavy atom. The number of benzene rings is 2. The fourth-order valence-corrected chi connectivity index (χ4v) is 9.90. The molecule has 0 bridgehead atoms. The molecule has 0 saturated heterocycles. The highest BCUT2D eigenvalue weighted by Crippen LogP contribution is 2.29. The fourth-order valence-electron chi connectivity index (χ4n) is 9.90. The lowest BCUT2D eigenvalue weighted by atomic mass is 9.91. The van der Waals surface area contributed by atoms with Crippen molar-refractivity contribution >= 4 is 12.4 Å². The molecule has 0 aromatic heterocycles. The number of phenols is 2. The second kappa shape index (κ2) is 28.8. The number of quaternary nitrogens is 2. The first-order valence-electron chi connectivity index (χ1n) is 25.5. The topological polar surface area (TPSA) is 65.2 Å². The molecule has 0 aliphatic heterocycles. The summed E-state index contributed by atoms with van der Waals surface area (Å²) in [5.41, 5.74) is 6.12. The number of aliphatic imine (C=N–C) groups is 2. The van der Waals surface area contributed by atoms with E-state index in [4.69, 9.17) is 9.98 Å². The number of nitrogens with zero attached hydrogens (tertiary/aromatic N) is 4. The summed E-state index contributed by atoms with van der Waals surface area (Å²) in [4.78, 5) is 10.2. The maximum absolute atomic E-state index is 11.1. The number of hydrogen-bond acceptors (Lipinski definition) is 4. The molecule has 6 heteroatoms. The van der Waals surface area contributed by atoms with E-state index >= 15 is 0 Å². The summed E-state index contributed by atoms with van der Waals surface area (Å²) >= 11 is 0. The maximum Gasteiger partial charge on any atom is 0.127 e. The zero-order valence-corrected chi connectivity index (χ0v) is 40.5. The number of aromatic hydroxyl groups is 2. The molecule has 1 aliphatic rings. The van der Waals surface area contributed by atoms with E-state index in [-0.39, 0.29) is 12.1 Å². The molecule has 1 saturated carbocycles. The summed E-state index contributed by atoms with van der Waals surface area (Å²) in [7, 11) is 0. The van der Waals surface area contributed by atoms with Gasteiger partial charge in [-0.15, -0.1) is 0 Å². The number of aryl methyl sites for hydroxylation is 4. The molecule has 0 spiro atoms. The molecule has 1 aliphatic carbocycles. The minimum Gasteiger partial charge on any atom is -0.507 e. The molecule has 340 valence electrons. The Kier molecular flexibility index (Phi) is 24.8. The average Bonchev–Trinajstić information content (AvgIpc) is 3.26. The molecule has 0 heterocycles. The van der Waals surface area contributed by atoms with E-state index in [1.165, 1.54) is 175 Å². The Labute approximate surface area is 370 Å². The van der Waals surface area contributed by atoms with Crippen LogP contribution in [0.1, 0.15) is 203 Å². The standard InChI is InChI=1S/C54H92N4O2/c1-9-15-31-57(32-16-10-2,33-17-11-3)37-25-23-27-47-39-45(7)53(59)49(41-47)43-55-51-29-21-22-30-52(51)56-44-50-42-48(40-46(8)54(50)60)28-24-26-38-58(34-18-12-4,35-19-13-5)36-20-14-6/h39-44,51-52H,9-38H2,1-8H3/p+2/t51-,52-/m0/s1. The van der Waals surface area contributed by atoms with Crippen LogP contribution < -0.4 is 0 Å². The summed E-state index contributed by atoms with van der Waals surface area (Å²) in [6, 6.07) is 8.84. The Morgan fingerprint density at radius 1 is 0.467 bits per heavy atom. The maximum atomic E-state index is 11.1. The van der Waals surface area contributed by atoms with Gasteiger partial charge in [0, 0.05) is 23.6 Å². The molecule has 60 heavy (non-hydrogen) atoms. The van der Waals surface area contributed by atoms with Crippen molar-refractivity contribution in [1.29, 1.82) is 0 Å². The Hall–Kier alpha value is -2.70. The molecule has 0 amide bonds. The molecule has 1 fully saturated rings. The van der Waals surface area contributed by atoms with E-state index in [1.54, 1.807) is 0 Å². The van der Waals surface area contributed by atoms with Gasteiger partial charge in [-0.05, 0) is 138 Å². The van der Waals surface area contributed by atoms with Crippen molar-refractivity contribution in [2.75, 3.05) is 52.4 Å². The van der Waals surface area contributed by atoms with Gasteiger partial charge in [-0.2, -0.15) is 0 Å². The number of unbranched alkanes of at least 4 members (excludes halogenated alkanes) is 8. The monoisotopic (exact) mass is 831 g/mol. The lowest BCUT2D eigenvalue weighted by Gasteiger charge is -2.39. The van der Waals surface area contributed by atoms with Crippen molar-refractivity contribution in [1.82, 2.24) is 0 Å². The van der Waals surface area contributed by atoms with Crippen LogP contribution in [0.4, 0.5) is 0 Å². The number of phenolic OH excluding ortho intramolecular Hbond substituents is 2. The van der Waals surface area contributed by atoms with Crippen LogP contribution in [0.3, 0.4) is 0 Å². The zero-order chi connectivity index (χ0) is 43.6. The third-order valence-corrected chi connectivity index (χ3v) is 13.9. The smallest absolute Gasteiger partial charge is 0.127 e. The highest BCUT2D eigenvalue weighted by Gasteiger charge is 2.27. The molecule has 0 radical (unpaired) electrons. The van der Waals surface area contributed by atoms with Crippen LogP contribution in [0.15, 0.2) is 34.3 Å². The number of hydrogen-bond donors (Lipinski definition) is 2. The van der Waals surface area contributed by atoms with Gasteiger partial charge in [0.05, 0.1) is 64.4 Å². The van der Waals surface area contributed by atoms with Crippen molar-refractivity contribution in [3.8, 4) is 11.5 Å². The third-order valence-electron chi connectivity index (χ3n) is 13.9. The van der Waals surface area contributed by atoms with E-state index in [9.17, 15) is 10.2 Å². The van der Waals surface area contributed by atoms with Gasteiger partial charge in [0.25, 0.3) is 0 Å². The molecular formula is C54H94N4O2+2.